The second kappa shape index (κ2) is 16.3. The van der Waals surface area contributed by atoms with Gasteiger partial charge in [-0.1, -0.05) is 79.5 Å². The van der Waals surface area contributed by atoms with Crippen molar-refractivity contribution in [1.82, 2.24) is 0 Å². The third kappa shape index (κ3) is 11.0. The van der Waals surface area contributed by atoms with Crippen LogP contribution < -0.4 is 0 Å². The van der Waals surface area contributed by atoms with E-state index < -0.39 is 5.60 Å². The second-order valence-electron chi connectivity index (χ2n) is 10.2. The van der Waals surface area contributed by atoms with E-state index in [1.807, 2.05) is 20.8 Å². The number of hydrogen-bond acceptors (Lipinski definition) is 6. The number of aromatic hydroxyl groups is 2. The quantitative estimate of drug-likeness (QED) is 0.193. The van der Waals surface area contributed by atoms with Crippen LogP contribution in [0, 0.1) is 11.8 Å². The minimum atomic E-state index is -0.669. The van der Waals surface area contributed by atoms with E-state index >= 15 is 0 Å². The van der Waals surface area contributed by atoms with Gasteiger partial charge in [0.2, 0.25) is 0 Å². The van der Waals surface area contributed by atoms with Crippen molar-refractivity contribution in [3.8, 4) is 11.5 Å². The maximum atomic E-state index is 10.2. The Morgan fingerprint density at radius 3 is 1.66 bits per heavy atom. The fourth-order valence-electron chi connectivity index (χ4n) is 3.97. The number of benzene rings is 2. The molecule has 1 aliphatic rings. The first kappa shape index (κ1) is 34.0. The monoisotopic (exact) mass is 642 g/mol. The Kier molecular flexibility index (Phi) is 14.6. The summed E-state index contributed by atoms with van der Waals surface area (Å²) in [6.45, 7) is 5.84. The summed E-state index contributed by atoms with van der Waals surface area (Å²) in [5, 5.41) is 40.3. The topological polar surface area (TPSA) is 80.9 Å². The first-order valence-electron chi connectivity index (χ1n) is 12.8. The zero-order valence-electron chi connectivity index (χ0n) is 22.0. The van der Waals surface area contributed by atoms with Crippen LogP contribution in [-0.4, -0.2) is 43.6 Å². The zero-order chi connectivity index (χ0) is 28.5. The SMILES string of the molecule is CC(C)C(C)(O)CCSc1cc(Cl)c(O)c(Cl)c1.Oc1c(Cl)cc(SCCC(O)C2CCCCC2)cc1Cl. The number of phenols is 2. The van der Waals surface area contributed by atoms with E-state index in [4.69, 9.17) is 46.4 Å². The van der Waals surface area contributed by atoms with Crippen LogP contribution in [0.2, 0.25) is 20.1 Å². The smallest absolute Gasteiger partial charge is 0.152 e. The molecule has 214 valence electrons. The standard InChI is InChI=1S/C15H20Cl2O2S.C13H18Cl2O2S/c16-12-8-11(9-13(17)15(12)19)20-7-6-14(18)10-4-2-1-3-5-10;1-8(2)13(3,17)4-5-18-9-6-10(14)12(16)11(15)7-9/h8-10,14,18-19H,1-7H2;6-8,16-17H,4-5H2,1-3H3. The summed E-state index contributed by atoms with van der Waals surface area (Å²) < 4.78 is 0. The predicted octanol–water partition coefficient (Wildman–Crippen LogP) is 9.71. The maximum absolute atomic E-state index is 10.2. The van der Waals surface area contributed by atoms with E-state index in [1.54, 1.807) is 47.8 Å². The Bertz CT molecular complexity index is 984. The molecule has 38 heavy (non-hydrogen) atoms. The highest BCUT2D eigenvalue weighted by Crippen LogP contribution is 2.38. The summed E-state index contributed by atoms with van der Waals surface area (Å²) in [4.78, 5) is 1.82. The van der Waals surface area contributed by atoms with Crippen LogP contribution in [0.1, 0.15) is 65.7 Å². The van der Waals surface area contributed by atoms with Crippen LogP contribution in [0.25, 0.3) is 0 Å². The average molecular weight is 645 g/mol. The summed E-state index contributed by atoms with van der Waals surface area (Å²) in [7, 11) is 0. The molecule has 0 aromatic heterocycles. The number of rotatable bonds is 10. The number of halogens is 4. The lowest BCUT2D eigenvalue weighted by atomic mass is 9.84. The van der Waals surface area contributed by atoms with Crippen LogP contribution >= 0.6 is 69.9 Å². The molecule has 0 saturated heterocycles. The molecule has 0 spiro atoms. The summed E-state index contributed by atoms with van der Waals surface area (Å²) >= 11 is 26.6. The summed E-state index contributed by atoms with van der Waals surface area (Å²) in [6, 6.07) is 6.77. The van der Waals surface area contributed by atoms with Gasteiger partial charge < -0.3 is 20.4 Å². The highest BCUT2D eigenvalue weighted by atomic mass is 35.5. The molecule has 4 N–H and O–H groups in total. The number of thioether (sulfide) groups is 2. The number of hydrogen-bond donors (Lipinski definition) is 4. The molecule has 3 rings (SSSR count). The van der Waals surface area contributed by atoms with E-state index in [2.05, 4.69) is 0 Å². The fraction of sp³-hybridized carbons (Fsp3) is 0.571. The van der Waals surface area contributed by atoms with Gasteiger partial charge in [-0.05, 0) is 68.7 Å². The Hall–Kier alpha value is -0.180. The average Bonchev–Trinajstić information content (AvgIpc) is 2.86. The molecule has 0 heterocycles. The second-order valence-corrected chi connectivity index (χ2v) is 14.1. The summed E-state index contributed by atoms with van der Waals surface area (Å²) in [5.41, 5.74) is -0.669. The first-order valence-corrected chi connectivity index (χ1v) is 16.3. The van der Waals surface area contributed by atoms with Crippen molar-refractivity contribution in [2.75, 3.05) is 11.5 Å². The Morgan fingerprint density at radius 2 is 1.24 bits per heavy atom. The molecule has 2 atom stereocenters. The minimum Gasteiger partial charge on any atom is -0.505 e. The van der Waals surface area contributed by atoms with Gasteiger partial charge in [-0.25, -0.2) is 0 Å². The highest BCUT2D eigenvalue weighted by molar-refractivity contribution is 7.99. The van der Waals surface area contributed by atoms with Gasteiger partial charge >= 0.3 is 0 Å². The molecular weight excluding hydrogens is 606 g/mol. The third-order valence-electron chi connectivity index (χ3n) is 6.98. The summed E-state index contributed by atoms with van der Waals surface area (Å²) in [5.74, 6) is 2.12. The van der Waals surface area contributed by atoms with Crippen molar-refractivity contribution in [2.45, 2.75) is 87.2 Å². The number of aliphatic hydroxyl groups excluding tert-OH is 1. The predicted molar refractivity (Wildman–Crippen MR) is 165 cm³/mol. The van der Waals surface area contributed by atoms with Crippen LogP contribution in [-0.2, 0) is 0 Å². The largest absolute Gasteiger partial charge is 0.505 e. The molecular formula is C28H38Cl4O4S2. The van der Waals surface area contributed by atoms with Crippen molar-refractivity contribution in [2.24, 2.45) is 11.8 Å². The molecule has 1 aliphatic carbocycles. The van der Waals surface area contributed by atoms with E-state index in [1.165, 1.54) is 19.3 Å². The van der Waals surface area contributed by atoms with Crippen molar-refractivity contribution >= 4 is 69.9 Å². The zero-order valence-corrected chi connectivity index (χ0v) is 26.7. The van der Waals surface area contributed by atoms with Gasteiger partial charge in [-0.15, -0.1) is 23.5 Å². The lowest BCUT2D eigenvalue weighted by Gasteiger charge is -2.27. The third-order valence-corrected chi connectivity index (χ3v) is 10.1. The van der Waals surface area contributed by atoms with E-state index in [0.717, 1.165) is 40.6 Å². The molecule has 2 unspecified atom stereocenters. The maximum Gasteiger partial charge on any atom is 0.152 e. The Balaban J connectivity index is 0.000000269. The van der Waals surface area contributed by atoms with Gasteiger partial charge in [0.1, 0.15) is 0 Å². The molecule has 0 amide bonds. The van der Waals surface area contributed by atoms with Crippen molar-refractivity contribution < 1.29 is 20.4 Å². The van der Waals surface area contributed by atoms with Gasteiger partial charge in [0.25, 0.3) is 0 Å². The van der Waals surface area contributed by atoms with Gasteiger partial charge in [-0.3, -0.25) is 0 Å². The molecule has 1 fully saturated rings. The first-order chi connectivity index (χ1) is 17.8. The van der Waals surface area contributed by atoms with Gasteiger partial charge in [0, 0.05) is 21.3 Å². The lowest BCUT2D eigenvalue weighted by molar-refractivity contribution is 0.0111. The van der Waals surface area contributed by atoms with E-state index in [9.17, 15) is 20.4 Å². The molecule has 1 saturated carbocycles. The van der Waals surface area contributed by atoms with Gasteiger partial charge in [0.15, 0.2) is 11.5 Å². The van der Waals surface area contributed by atoms with Gasteiger partial charge in [0.05, 0.1) is 31.8 Å². The molecule has 10 heteroatoms. The van der Waals surface area contributed by atoms with Crippen LogP contribution in [0.3, 0.4) is 0 Å². The van der Waals surface area contributed by atoms with Crippen LogP contribution in [0.5, 0.6) is 11.5 Å². The summed E-state index contributed by atoms with van der Waals surface area (Å²) in [6.07, 6.45) is 7.38. The normalized spacial score (nSPS) is 16.6. The van der Waals surface area contributed by atoms with Crippen LogP contribution in [0.4, 0.5) is 0 Å². The fourth-order valence-corrected chi connectivity index (χ4v) is 7.35. The van der Waals surface area contributed by atoms with Crippen LogP contribution in [0.15, 0.2) is 34.1 Å². The number of aliphatic hydroxyl groups is 2. The lowest BCUT2D eigenvalue weighted by Crippen LogP contribution is -2.31. The number of phenolic OH excluding ortho intramolecular Hbond substituents is 2. The molecule has 0 radical (unpaired) electrons. The van der Waals surface area contributed by atoms with Gasteiger partial charge in [-0.2, -0.15) is 0 Å². The molecule has 2 aromatic rings. The minimum absolute atomic E-state index is 0.0695. The van der Waals surface area contributed by atoms with E-state index in [-0.39, 0.29) is 43.6 Å². The highest BCUT2D eigenvalue weighted by Gasteiger charge is 2.24. The molecule has 0 aliphatic heterocycles. The molecule has 4 nitrogen and oxygen atoms in total. The van der Waals surface area contributed by atoms with E-state index in [0.29, 0.717) is 12.3 Å². The molecule has 2 aromatic carbocycles. The van der Waals surface area contributed by atoms with Crippen molar-refractivity contribution in [3.05, 3.63) is 44.4 Å². The Labute approximate surface area is 255 Å². The van der Waals surface area contributed by atoms with Crippen molar-refractivity contribution in [3.63, 3.8) is 0 Å². The molecule has 0 bridgehead atoms. The van der Waals surface area contributed by atoms with Crippen molar-refractivity contribution in [1.29, 1.82) is 0 Å². The Morgan fingerprint density at radius 1 is 0.816 bits per heavy atom.